The summed E-state index contributed by atoms with van der Waals surface area (Å²) in [4.78, 5) is 0.0851. The molecule has 0 aromatic heterocycles. The molecule has 0 atom stereocenters. The smallest absolute Gasteiger partial charge is 0.240 e. The summed E-state index contributed by atoms with van der Waals surface area (Å²) < 4.78 is 32.2. The van der Waals surface area contributed by atoms with Crippen LogP contribution in [0.15, 0.2) is 47.4 Å². The van der Waals surface area contributed by atoms with Gasteiger partial charge in [0, 0.05) is 6.54 Å². The fourth-order valence-corrected chi connectivity index (χ4v) is 3.38. The Morgan fingerprint density at radius 3 is 2.50 bits per heavy atom. The van der Waals surface area contributed by atoms with Gasteiger partial charge in [-0.2, -0.15) is 0 Å². The van der Waals surface area contributed by atoms with E-state index in [1.54, 1.807) is 7.11 Å². The summed E-state index contributed by atoms with van der Waals surface area (Å²) >= 11 is 11.6. The molecule has 0 amide bonds. The number of sulfonamides is 1. The zero-order valence-corrected chi connectivity index (χ0v) is 14.2. The van der Waals surface area contributed by atoms with E-state index in [1.807, 2.05) is 24.3 Å². The second-order valence-corrected chi connectivity index (χ2v) is 7.12. The van der Waals surface area contributed by atoms with Gasteiger partial charge in [-0.05, 0) is 36.2 Å². The molecule has 22 heavy (non-hydrogen) atoms. The third-order valence-electron chi connectivity index (χ3n) is 3.08. The quantitative estimate of drug-likeness (QED) is 0.858. The Balaban J connectivity index is 2.05. The van der Waals surface area contributed by atoms with Crippen LogP contribution in [-0.2, 0) is 16.4 Å². The summed E-state index contributed by atoms with van der Waals surface area (Å²) in [6, 6.07) is 11.7. The van der Waals surface area contributed by atoms with E-state index in [9.17, 15) is 8.42 Å². The van der Waals surface area contributed by atoms with Gasteiger partial charge in [0.15, 0.2) is 0 Å². The molecule has 2 aromatic rings. The van der Waals surface area contributed by atoms with Crippen LogP contribution >= 0.6 is 23.2 Å². The minimum absolute atomic E-state index is 0.0851. The Bertz CT molecular complexity index is 763. The fraction of sp³-hybridized carbons (Fsp3) is 0.200. The minimum Gasteiger partial charge on any atom is -0.496 e. The van der Waals surface area contributed by atoms with Crippen molar-refractivity contribution in [2.24, 2.45) is 0 Å². The summed E-state index contributed by atoms with van der Waals surface area (Å²) in [5.41, 5.74) is 0.932. The molecule has 1 N–H and O–H groups in total. The fourth-order valence-electron chi connectivity index (χ4n) is 1.96. The van der Waals surface area contributed by atoms with Crippen molar-refractivity contribution in [3.63, 3.8) is 0 Å². The van der Waals surface area contributed by atoms with Crippen LogP contribution in [0, 0.1) is 0 Å². The van der Waals surface area contributed by atoms with E-state index in [4.69, 9.17) is 27.9 Å². The normalized spacial score (nSPS) is 11.4. The van der Waals surface area contributed by atoms with Crippen molar-refractivity contribution in [3.05, 3.63) is 58.1 Å². The number of para-hydroxylation sites is 1. The highest BCUT2D eigenvalue weighted by Gasteiger charge is 2.15. The molecule has 0 saturated heterocycles. The van der Waals surface area contributed by atoms with E-state index in [0.717, 1.165) is 11.3 Å². The van der Waals surface area contributed by atoms with Crippen molar-refractivity contribution in [1.29, 1.82) is 0 Å². The topological polar surface area (TPSA) is 55.4 Å². The second-order valence-electron chi connectivity index (χ2n) is 4.54. The molecule has 0 aliphatic heterocycles. The Morgan fingerprint density at radius 1 is 1.09 bits per heavy atom. The first-order chi connectivity index (χ1) is 10.4. The Morgan fingerprint density at radius 2 is 1.82 bits per heavy atom. The number of halogens is 2. The van der Waals surface area contributed by atoms with Crippen LogP contribution in [0.4, 0.5) is 0 Å². The number of rotatable bonds is 6. The van der Waals surface area contributed by atoms with Crippen molar-refractivity contribution in [1.82, 2.24) is 4.72 Å². The number of benzene rings is 2. The van der Waals surface area contributed by atoms with Gasteiger partial charge in [0.05, 0.1) is 22.1 Å². The van der Waals surface area contributed by atoms with Crippen LogP contribution in [-0.4, -0.2) is 22.1 Å². The van der Waals surface area contributed by atoms with E-state index in [2.05, 4.69) is 4.72 Å². The molecule has 2 aromatic carbocycles. The number of ether oxygens (including phenoxy) is 1. The molecule has 4 nitrogen and oxygen atoms in total. The number of hydrogen-bond acceptors (Lipinski definition) is 3. The number of nitrogens with one attached hydrogen (secondary N) is 1. The third-order valence-corrected chi connectivity index (χ3v) is 5.28. The molecule has 7 heteroatoms. The predicted octanol–water partition coefficient (Wildman–Crippen LogP) is 3.52. The summed E-state index contributed by atoms with van der Waals surface area (Å²) in [7, 11) is -2.04. The molecule has 0 fully saturated rings. The first-order valence-electron chi connectivity index (χ1n) is 6.50. The van der Waals surface area contributed by atoms with Crippen LogP contribution in [0.5, 0.6) is 5.75 Å². The summed E-state index contributed by atoms with van der Waals surface area (Å²) in [6.45, 7) is 0.253. The Hall–Kier alpha value is -1.27. The van der Waals surface area contributed by atoms with E-state index in [0.29, 0.717) is 11.4 Å². The molecule has 0 spiro atoms. The van der Waals surface area contributed by atoms with Crippen LogP contribution in [0.3, 0.4) is 0 Å². The highest BCUT2D eigenvalue weighted by Crippen LogP contribution is 2.24. The van der Waals surface area contributed by atoms with Gasteiger partial charge in [0.2, 0.25) is 10.0 Å². The van der Waals surface area contributed by atoms with E-state index < -0.39 is 10.0 Å². The van der Waals surface area contributed by atoms with Crippen molar-refractivity contribution >= 4 is 33.2 Å². The molecular weight excluding hydrogens is 345 g/mol. The molecule has 0 unspecified atom stereocenters. The average Bonchev–Trinajstić information content (AvgIpc) is 2.50. The lowest BCUT2D eigenvalue weighted by Crippen LogP contribution is -2.26. The van der Waals surface area contributed by atoms with Gasteiger partial charge in [-0.25, -0.2) is 13.1 Å². The van der Waals surface area contributed by atoms with Crippen molar-refractivity contribution in [3.8, 4) is 5.75 Å². The van der Waals surface area contributed by atoms with Gasteiger partial charge >= 0.3 is 0 Å². The van der Waals surface area contributed by atoms with Gasteiger partial charge < -0.3 is 4.74 Å². The van der Waals surface area contributed by atoms with Crippen LogP contribution < -0.4 is 9.46 Å². The maximum absolute atomic E-state index is 12.2. The van der Waals surface area contributed by atoms with Gasteiger partial charge in [-0.3, -0.25) is 0 Å². The molecule has 0 aliphatic carbocycles. The zero-order valence-electron chi connectivity index (χ0n) is 11.8. The van der Waals surface area contributed by atoms with Crippen molar-refractivity contribution < 1.29 is 13.2 Å². The molecule has 0 bridgehead atoms. The highest BCUT2D eigenvalue weighted by molar-refractivity contribution is 7.89. The van der Waals surface area contributed by atoms with Gasteiger partial charge in [-0.15, -0.1) is 0 Å². The molecular formula is C15H15Cl2NO3S. The third kappa shape index (κ3) is 4.14. The molecule has 118 valence electrons. The Labute approximate surface area is 140 Å². The molecule has 0 saturated carbocycles. The Kier molecular flexibility index (Phi) is 5.69. The zero-order chi connectivity index (χ0) is 16.2. The van der Waals surface area contributed by atoms with E-state index >= 15 is 0 Å². The average molecular weight is 360 g/mol. The maximum atomic E-state index is 12.2. The van der Waals surface area contributed by atoms with Crippen molar-refractivity contribution in [2.75, 3.05) is 13.7 Å². The molecule has 2 rings (SSSR count). The number of methoxy groups -OCH3 is 1. The summed E-state index contributed by atoms with van der Waals surface area (Å²) in [6.07, 6.45) is 0.518. The summed E-state index contributed by atoms with van der Waals surface area (Å²) in [5.74, 6) is 0.733. The molecule has 0 radical (unpaired) electrons. The van der Waals surface area contributed by atoms with Crippen LogP contribution in [0.2, 0.25) is 10.0 Å². The highest BCUT2D eigenvalue weighted by atomic mass is 35.5. The monoisotopic (exact) mass is 359 g/mol. The van der Waals surface area contributed by atoms with Crippen LogP contribution in [0.25, 0.3) is 0 Å². The lowest BCUT2D eigenvalue weighted by atomic mass is 10.1. The standard InChI is InChI=1S/C15H15Cl2NO3S/c1-21-15-5-3-2-4-11(15)8-9-18-22(19,20)12-6-7-13(16)14(17)10-12/h2-7,10,18H,8-9H2,1H3. The molecule has 0 heterocycles. The minimum atomic E-state index is -3.62. The number of hydrogen-bond donors (Lipinski definition) is 1. The molecule has 0 aliphatic rings. The van der Waals surface area contributed by atoms with Crippen molar-refractivity contribution in [2.45, 2.75) is 11.3 Å². The maximum Gasteiger partial charge on any atom is 0.240 e. The van der Waals surface area contributed by atoms with Gasteiger partial charge in [0.25, 0.3) is 0 Å². The lowest BCUT2D eigenvalue weighted by Gasteiger charge is -2.10. The second kappa shape index (κ2) is 7.33. The van der Waals surface area contributed by atoms with E-state index in [-0.39, 0.29) is 16.5 Å². The first kappa shape index (κ1) is 17.1. The predicted molar refractivity (Wildman–Crippen MR) is 88.3 cm³/mol. The van der Waals surface area contributed by atoms with Gasteiger partial charge in [0.1, 0.15) is 5.75 Å². The van der Waals surface area contributed by atoms with Crippen LogP contribution in [0.1, 0.15) is 5.56 Å². The van der Waals surface area contributed by atoms with Gasteiger partial charge in [-0.1, -0.05) is 41.4 Å². The summed E-state index contributed by atoms with van der Waals surface area (Å²) in [5, 5.41) is 0.518. The lowest BCUT2D eigenvalue weighted by molar-refractivity contribution is 0.409. The SMILES string of the molecule is COc1ccccc1CCNS(=O)(=O)c1ccc(Cl)c(Cl)c1. The van der Waals surface area contributed by atoms with E-state index in [1.165, 1.54) is 18.2 Å². The largest absolute Gasteiger partial charge is 0.496 e. The first-order valence-corrected chi connectivity index (χ1v) is 8.74.